The third-order valence-corrected chi connectivity index (χ3v) is 4.34. The van der Waals surface area contributed by atoms with E-state index in [-0.39, 0.29) is 6.04 Å². The van der Waals surface area contributed by atoms with Gasteiger partial charge in [-0.1, -0.05) is 18.2 Å². The summed E-state index contributed by atoms with van der Waals surface area (Å²) >= 11 is 1.60. The van der Waals surface area contributed by atoms with E-state index in [4.69, 9.17) is 4.74 Å². The monoisotopic (exact) mass is 305 g/mol. The maximum absolute atomic E-state index is 10.5. The Morgan fingerprint density at radius 2 is 2.10 bits per heavy atom. The van der Waals surface area contributed by atoms with Gasteiger partial charge in [-0.05, 0) is 54.3 Å². The van der Waals surface area contributed by atoms with E-state index < -0.39 is 5.60 Å². The Kier molecular flexibility index (Phi) is 5.39. The molecule has 1 heterocycles. The van der Waals surface area contributed by atoms with Gasteiger partial charge in [0.1, 0.15) is 5.75 Å². The maximum atomic E-state index is 10.5. The molecule has 2 rings (SSSR count). The Hall–Kier alpha value is -1.36. The number of thiophene rings is 1. The number of nitrogens with one attached hydrogen (secondary N) is 1. The van der Waals surface area contributed by atoms with E-state index in [0.29, 0.717) is 6.54 Å². The molecule has 0 unspecified atom stereocenters. The lowest BCUT2D eigenvalue weighted by atomic mass is 9.98. The van der Waals surface area contributed by atoms with Gasteiger partial charge in [-0.15, -0.1) is 0 Å². The molecule has 0 amide bonds. The van der Waals surface area contributed by atoms with Crippen molar-refractivity contribution >= 4 is 11.3 Å². The third kappa shape index (κ3) is 4.30. The molecule has 114 valence electrons. The summed E-state index contributed by atoms with van der Waals surface area (Å²) in [6.45, 7) is 4.49. The van der Waals surface area contributed by atoms with Crippen molar-refractivity contribution in [2.75, 3.05) is 13.7 Å². The van der Waals surface area contributed by atoms with Crippen molar-refractivity contribution in [3.05, 3.63) is 52.2 Å². The molecule has 1 aromatic heterocycles. The van der Waals surface area contributed by atoms with Crippen molar-refractivity contribution in [2.24, 2.45) is 0 Å². The number of para-hydroxylation sites is 1. The summed E-state index contributed by atoms with van der Waals surface area (Å²) < 4.78 is 5.37. The zero-order valence-corrected chi connectivity index (χ0v) is 13.6. The van der Waals surface area contributed by atoms with Crippen LogP contribution in [0.15, 0.2) is 41.1 Å². The highest BCUT2D eigenvalue weighted by atomic mass is 32.1. The first-order chi connectivity index (χ1) is 10.0. The minimum absolute atomic E-state index is 0.256. The first-order valence-electron chi connectivity index (χ1n) is 7.13. The van der Waals surface area contributed by atoms with Crippen LogP contribution in [0, 0.1) is 0 Å². The molecular formula is C17H23NO2S. The molecule has 2 atom stereocenters. The molecule has 0 saturated heterocycles. The molecule has 3 nitrogen and oxygen atoms in total. The molecule has 21 heavy (non-hydrogen) atoms. The Balaban J connectivity index is 1.92. The van der Waals surface area contributed by atoms with Gasteiger partial charge in [0.2, 0.25) is 0 Å². The van der Waals surface area contributed by atoms with Crippen LogP contribution in [-0.4, -0.2) is 24.8 Å². The molecule has 0 spiro atoms. The average molecular weight is 305 g/mol. The second kappa shape index (κ2) is 7.07. The van der Waals surface area contributed by atoms with Crippen LogP contribution in [0.4, 0.5) is 0 Å². The van der Waals surface area contributed by atoms with Gasteiger partial charge >= 0.3 is 0 Å². The molecule has 0 saturated carbocycles. The van der Waals surface area contributed by atoms with Gasteiger partial charge in [0.25, 0.3) is 0 Å². The van der Waals surface area contributed by atoms with Crippen LogP contribution < -0.4 is 10.1 Å². The van der Waals surface area contributed by atoms with E-state index in [1.54, 1.807) is 18.4 Å². The smallest absolute Gasteiger partial charge is 0.122 e. The molecule has 0 aliphatic heterocycles. The molecular weight excluding hydrogens is 282 g/mol. The van der Waals surface area contributed by atoms with E-state index >= 15 is 0 Å². The van der Waals surface area contributed by atoms with Gasteiger partial charge in [0.05, 0.1) is 12.7 Å². The highest BCUT2D eigenvalue weighted by molar-refractivity contribution is 7.08. The van der Waals surface area contributed by atoms with Crippen molar-refractivity contribution in [1.29, 1.82) is 0 Å². The van der Waals surface area contributed by atoms with Crippen LogP contribution in [-0.2, 0) is 12.0 Å². The summed E-state index contributed by atoms with van der Waals surface area (Å²) in [5, 5.41) is 17.9. The Labute approximate surface area is 130 Å². The largest absolute Gasteiger partial charge is 0.496 e. The molecule has 1 aromatic carbocycles. The summed E-state index contributed by atoms with van der Waals surface area (Å²) in [5.74, 6) is 0.913. The number of hydrogen-bond donors (Lipinski definition) is 2. The quantitative estimate of drug-likeness (QED) is 0.825. The van der Waals surface area contributed by atoms with Crippen molar-refractivity contribution in [3.8, 4) is 5.75 Å². The number of rotatable bonds is 7. The number of benzene rings is 1. The molecule has 0 aliphatic carbocycles. The van der Waals surface area contributed by atoms with Crippen molar-refractivity contribution in [1.82, 2.24) is 5.32 Å². The lowest BCUT2D eigenvalue weighted by Crippen LogP contribution is -2.40. The third-order valence-electron chi connectivity index (χ3n) is 3.66. The van der Waals surface area contributed by atoms with E-state index in [0.717, 1.165) is 17.7 Å². The van der Waals surface area contributed by atoms with Gasteiger partial charge in [0.15, 0.2) is 0 Å². The second-order valence-corrected chi connectivity index (χ2v) is 6.36. The fraction of sp³-hybridized carbons (Fsp3) is 0.412. The molecule has 0 aliphatic rings. The summed E-state index contributed by atoms with van der Waals surface area (Å²) in [5.41, 5.74) is 1.30. The molecule has 0 radical (unpaired) electrons. The first-order valence-corrected chi connectivity index (χ1v) is 8.07. The van der Waals surface area contributed by atoms with Crippen LogP contribution >= 0.6 is 11.3 Å². The van der Waals surface area contributed by atoms with E-state index in [1.165, 1.54) is 5.56 Å². The topological polar surface area (TPSA) is 41.5 Å². The number of methoxy groups -OCH3 is 1. The SMILES string of the molecule is COc1ccccc1C[C@H](C)NC[C@](C)(O)c1ccsc1. The Morgan fingerprint density at radius 1 is 1.33 bits per heavy atom. The molecule has 0 bridgehead atoms. The molecule has 4 heteroatoms. The van der Waals surface area contributed by atoms with Crippen molar-refractivity contribution < 1.29 is 9.84 Å². The van der Waals surface area contributed by atoms with Crippen molar-refractivity contribution in [3.63, 3.8) is 0 Å². The minimum Gasteiger partial charge on any atom is -0.496 e. The zero-order chi connectivity index (χ0) is 15.3. The highest BCUT2D eigenvalue weighted by Gasteiger charge is 2.24. The zero-order valence-electron chi connectivity index (χ0n) is 12.8. The second-order valence-electron chi connectivity index (χ2n) is 5.58. The normalized spacial score (nSPS) is 15.4. The summed E-state index contributed by atoms with van der Waals surface area (Å²) in [4.78, 5) is 0. The van der Waals surface area contributed by atoms with Crippen LogP contribution in [0.1, 0.15) is 25.0 Å². The lowest BCUT2D eigenvalue weighted by molar-refractivity contribution is 0.0548. The minimum atomic E-state index is -0.838. The van der Waals surface area contributed by atoms with Gasteiger partial charge in [-0.2, -0.15) is 11.3 Å². The van der Waals surface area contributed by atoms with Gasteiger partial charge < -0.3 is 15.2 Å². The molecule has 0 fully saturated rings. The van der Waals surface area contributed by atoms with Crippen LogP contribution in [0.2, 0.25) is 0 Å². The predicted molar refractivity (Wildman–Crippen MR) is 88.1 cm³/mol. The lowest BCUT2D eigenvalue weighted by Gasteiger charge is -2.25. The fourth-order valence-corrected chi connectivity index (χ4v) is 3.10. The van der Waals surface area contributed by atoms with E-state index in [1.807, 2.05) is 41.9 Å². The summed E-state index contributed by atoms with van der Waals surface area (Å²) in [6.07, 6.45) is 0.865. The summed E-state index contributed by atoms with van der Waals surface area (Å²) in [6, 6.07) is 10.3. The number of hydrogen-bond acceptors (Lipinski definition) is 4. The molecule has 2 N–H and O–H groups in total. The predicted octanol–water partition coefficient (Wildman–Crippen LogP) is 3.19. The summed E-state index contributed by atoms with van der Waals surface area (Å²) in [7, 11) is 1.69. The highest BCUT2D eigenvalue weighted by Crippen LogP contribution is 2.23. The van der Waals surface area contributed by atoms with Gasteiger partial charge in [-0.25, -0.2) is 0 Å². The van der Waals surface area contributed by atoms with Gasteiger partial charge in [0, 0.05) is 12.6 Å². The molecule has 2 aromatic rings. The van der Waals surface area contributed by atoms with Crippen LogP contribution in [0.25, 0.3) is 0 Å². The van der Waals surface area contributed by atoms with E-state index in [2.05, 4.69) is 18.3 Å². The van der Waals surface area contributed by atoms with Crippen LogP contribution in [0.3, 0.4) is 0 Å². The van der Waals surface area contributed by atoms with Crippen LogP contribution in [0.5, 0.6) is 5.75 Å². The Morgan fingerprint density at radius 3 is 2.76 bits per heavy atom. The maximum Gasteiger partial charge on any atom is 0.122 e. The fourth-order valence-electron chi connectivity index (χ4n) is 2.32. The van der Waals surface area contributed by atoms with Crippen molar-refractivity contribution in [2.45, 2.75) is 31.9 Å². The number of ether oxygens (including phenoxy) is 1. The average Bonchev–Trinajstić information content (AvgIpc) is 3.01. The standard InChI is InChI=1S/C17H23NO2S/c1-13(10-14-6-4-5-7-16(14)20-3)18-12-17(2,19)15-8-9-21-11-15/h4-9,11,13,18-19H,10,12H2,1-3H3/t13-,17-/m0/s1. The number of aliphatic hydroxyl groups is 1. The Bertz CT molecular complexity index is 552. The van der Waals surface area contributed by atoms with Gasteiger partial charge in [-0.3, -0.25) is 0 Å². The van der Waals surface area contributed by atoms with E-state index in [9.17, 15) is 5.11 Å². The first kappa shape index (κ1) is 16.0.